The van der Waals surface area contributed by atoms with Crippen molar-refractivity contribution in [1.82, 2.24) is 0 Å². The Kier molecular flexibility index (Phi) is 3.08. The molecule has 1 aromatic carbocycles. The molecule has 1 aromatic rings. The Labute approximate surface area is 91.7 Å². The van der Waals surface area contributed by atoms with Crippen LogP contribution in [0.3, 0.4) is 0 Å². The first-order valence-corrected chi connectivity index (χ1v) is 5.60. The van der Waals surface area contributed by atoms with Gasteiger partial charge in [-0.3, -0.25) is 0 Å². The van der Waals surface area contributed by atoms with E-state index in [4.69, 9.17) is 5.73 Å². The lowest BCUT2D eigenvalue weighted by Gasteiger charge is -1.98. The molecule has 0 aromatic heterocycles. The van der Waals surface area contributed by atoms with Crippen LogP contribution in [-0.4, -0.2) is 6.54 Å². The van der Waals surface area contributed by atoms with Crippen molar-refractivity contribution in [3.05, 3.63) is 34.9 Å². The van der Waals surface area contributed by atoms with Gasteiger partial charge in [-0.2, -0.15) is 0 Å². The van der Waals surface area contributed by atoms with Crippen LogP contribution in [0.5, 0.6) is 0 Å². The summed E-state index contributed by atoms with van der Waals surface area (Å²) in [5.41, 5.74) is 9.53. The van der Waals surface area contributed by atoms with Crippen LogP contribution in [-0.2, 0) is 12.8 Å². The van der Waals surface area contributed by atoms with Gasteiger partial charge in [0.25, 0.3) is 0 Å². The second-order valence-corrected chi connectivity index (χ2v) is 4.34. The van der Waals surface area contributed by atoms with Crippen LogP contribution in [0, 0.1) is 17.8 Å². The Morgan fingerprint density at radius 1 is 1.33 bits per heavy atom. The van der Waals surface area contributed by atoms with E-state index < -0.39 is 0 Å². The molecule has 1 atom stereocenters. The van der Waals surface area contributed by atoms with Gasteiger partial charge in [-0.15, -0.1) is 0 Å². The highest BCUT2D eigenvalue weighted by Gasteiger charge is 2.16. The lowest BCUT2D eigenvalue weighted by Crippen LogP contribution is -1.95. The molecule has 0 heterocycles. The highest BCUT2D eigenvalue weighted by molar-refractivity contribution is 5.43. The molecule has 0 spiro atoms. The summed E-state index contributed by atoms with van der Waals surface area (Å²) >= 11 is 0. The van der Waals surface area contributed by atoms with Gasteiger partial charge in [-0.25, -0.2) is 0 Å². The molecule has 1 unspecified atom stereocenters. The van der Waals surface area contributed by atoms with Gasteiger partial charge in [0, 0.05) is 18.5 Å². The van der Waals surface area contributed by atoms with E-state index in [1.165, 1.54) is 24.0 Å². The molecule has 0 saturated heterocycles. The highest BCUT2D eigenvalue weighted by Crippen LogP contribution is 2.26. The van der Waals surface area contributed by atoms with Crippen molar-refractivity contribution in [1.29, 1.82) is 0 Å². The molecular formula is C14H17N. The summed E-state index contributed by atoms with van der Waals surface area (Å²) < 4.78 is 0. The Balaban J connectivity index is 2.17. The molecule has 0 amide bonds. The lowest BCUT2D eigenvalue weighted by molar-refractivity contribution is 0.628. The highest BCUT2D eigenvalue weighted by atomic mass is 14.5. The SMILES string of the molecule is CC1Cc2ccc(C#CCCN)cc2C1. The molecule has 1 aliphatic rings. The maximum atomic E-state index is 5.40. The second kappa shape index (κ2) is 4.51. The quantitative estimate of drug-likeness (QED) is 0.689. The largest absolute Gasteiger partial charge is 0.330 e. The average molecular weight is 199 g/mol. The molecule has 0 radical (unpaired) electrons. The van der Waals surface area contributed by atoms with Gasteiger partial charge in [0.1, 0.15) is 0 Å². The van der Waals surface area contributed by atoms with Crippen molar-refractivity contribution in [2.75, 3.05) is 6.54 Å². The topological polar surface area (TPSA) is 26.0 Å². The summed E-state index contributed by atoms with van der Waals surface area (Å²) in [6.07, 6.45) is 3.22. The molecule has 0 saturated carbocycles. The van der Waals surface area contributed by atoms with Crippen molar-refractivity contribution in [2.24, 2.45) is 11.7 Å². The van der Waals surface area contributed by atoms with E-state index in [1.54, 1.807) is 0 Å². The minimum atomic E-state index is 0.648. The molecule has 1 nitrogen and oxygen atoms in total. The van der Waals surface area contributed by atoms with Gasteiger partial charge in [0.15, 0.2) is 0 Å². The number of hydrogen-bond donors (Lipinski definition) is 1. The molecule has 0 aliphatic heterocycles. The number of hydrogen-bond acceptors (Lipinski definition) is 1. The van der Waals surface area contributed by atoms with Gasteiger partial charge in [0.2, 0.25) is 0 Å². The van der Waals surface area contributed by atoms with E-state index in [1.807, 2.05) is 0 Å². The first kappa shape index (κ1) is 10.3. The standard InChI is InChI=1S/C14H17N/c1-11-8-13-6-5-12(4-2-3-7-15)10-14(13)9-11/h5-6,10-11H,3,7-9,15H2,1H3. The fourth-order valence-corrected chi connectivity index (χ4v) is 2.15. The van der Waals surface area contributed by atoms with Gasteiger partial charge >= 0.3 is 0 Å². The van der Waals surface area contributed by atoms with Crippen LogP contribution in [0.15, 0.2) is 18.2 Å². The maximum absolute atomic E-state index is 5.40. The van der Waals surface area contributed by atoms with Crippen LogP contribution in [0.2, 0.25) is 0 Å². The van der Waals surface area contributed by atoms with E-state index in [0.717, 1.165) is 17.9 Å². The number of fused-ring (bicyclic) bond motifs is 1. The van der Waals surface area contributed by atoms with Gasteiger partial charge in [-0.05, 0) is 42.0 Å². The summed E-state index contributed by atoms with van der Waals surface area (Å²) in [5, 5.41) is 0. The normalized spacial score (nSPS) is 18.1. The van der Waals surface area contributed by atoms with E-state index in [-0.39, 0.29) is 0 Å². The first-order valence-electron chi connectivity index (χ1n) is 5.60. The minimum absolute atomic E-state index is 0.648. The summed E-state index contributed by atoms with van der Waals surface area (Å²) in [5.74, 6) is 7.04. The van der Waals surface area contributed by atoms with Crippen molar-refractivity contribution in [3.63, 3.8) is 0 Å². The number of rotatable bonds is 1. The Bertz CT molecular complexity index is 409. The summed E-state index contributed by atoms with van der Waals surface area (Å²) in [6, 6.07) is 6.59. The molecule has 1 aliphatic carbocycles. The van der Waals surface area contributed by atoms with Gasteiger partial charge < -0.3 is 5.73 Å². The van der Waals surface area contributed by atoms with Crippen LogP contribution >= 0.6 is 0 Å². The number of benzene rings is 1. The van der Waals surface area contributed by atoms with Crippen LogP contribution in [0.1, 0.15) is 30.0 Å². The van der Waals surface area contributed by atoms with Crippen molar-refractivity contribution in [3.8, 4) is 11.8 Å². The summed E-state index contributed by atoms with van der Waals surface area (Å²) in [6.45, 7) is 2.95. The zero-order chi connectivity index (χ0) is 10.7. The van der Waals surface area contributed by atoms with E-state index in [2.05, 4.69) is 37.0 Å². The fourth-order valence-electron chi connectivity index (χ4n) is 2.15. The van der Waals surface area contributed by atoms with E-state index in [0.29, 0.717) is 6.54 Å². The van der Waals surface area contributed by atoms with Crippen LogP contribution < -0.4 is 5.73 Å². The van der Waals surface area contributed by atoms with Crippen LogP contribution in [0.4, 0.5) is 0 Å². The van der Waals surface area contributed by atoms with Crippen molar-refractivity contribution in [2.45, 2.75) is 26.2 Å². The first-order chi connectivity index (χ1) is 7.29. The third-order valence-corrected chi connectivity index (χ3v) is 2.85. The number of nitrogens with two attached hydrogens (primary N) is 1. The molecule has 0 bridgehead atoms. The van der Waals surface area contributed by atoms with Gasteiger partial charge in [-0.1, -0.05) is 24.8 Å². The lowest BCUT2D eigenvalue weighted by atomic mass is 10.1. The minimum Gasteiger partial charge on any atom is -0.330 e. The average Bonchev–Trinajstić information content (AvgIpc) is 2.57. The molecule has 2 rings (SSSR count). The summed E-state index contributed by atoms with van der Waals surface area (Å²) in [4.78, 5) is 0. The van der Waals surface area contributed by atoms with Crippen LogP contribution in [0.25, 0.3) is 0 Å². The van der Waals surface area contributed by atoms with E-state index >= 15 is 0 Å². The van der Waals surface area contributed by atoms with E-state index in [9.17, 15) is 0 Å². The fraction of sp³-hybridized carbons (Fsp3) is 0.429. The third kappa shape index (κ3) is 2.40. The molecule has 78 valence electrons. The van der Waals surface area contributed by atoms with Crippen molar-refractivity contribution < 1.29 is 0 Å². The molecule has 15 heavy (non-hydrogen) atoms. The molecule has 0 fully saturated rings. The second-order valence-electron chi connectivity index (χ2n) is 4.34. The third-order valence-electron chi connectivity index (χ3n) is 2.85. The van der Waals surface area contributed by atoms with Crippen molar-refractivity contribution >= 4 is 0 Å². The Morgan fingerprint density at radius 2 is 2.13 bits per heavy atom. The predicted molar refractivity (Wildman–Crippen MR) is 63.6 cm³/mol. The monoisotopic (exact) mass is 199 g/mol. The Morgan fingerprint density at radius 3 is 2.93 bits per heavy atom. The smallest absolute Gasteiger partial charge is 0.0248 e. The molecular weight excluding hydrogens is 182 g/mol. The maximum Gasteiger partial charge on any atom is 0.0248 e. The zero-order valence-electron chi connectivity index (χ0n) is 9.22. The zero-order valence-corrected chi connectivity index (χ0v) is 9.22. The molecule has 1 heteroatoms. The van der Waals surface area contributed by atoms with Gasteiger partial charge in [0.05, 0.1) is 0 Å². The summed E-state index contributed by atoms with van der Waals surface area (Å²) in [7, 11) is 0. The Hall–Kier alpha value is -1.26. The predicted octanol–water partition coefficient (Wildman–Crippen LogP) is 2.12. The molecule has 2 N–H and O–H groups in total.